The van der Waals surface area contributed by atoms with Gasteiger partial charge >= 0.3 is 0 Å². The summed E-state index contributed by atoms with van der Waals surface area (Å²) in [7, 11) is 0. The summed E-state index contributed by atoms with van der Waals surface area (Å²) in [6, 6.07) is 57.4. The third-order valence-corrected chi connectivity index (χ3v) is 12.5. The predicted octanol–water partition coefficient (Wildman–Crippen LogP) is 13.8. The third kappa shape index (κ3) is 4.49. The van der Waals surface area contributed by atoms with E-state index in [0.29, 0.717) is 0 Å². The van der Waals surface area contributed by atoms with Crippen molar-refractivity contribution in [1.29, 1.82) is 0 Å². The molecular formula is C46H32N2S2. The van der Waals surface area contributed by atoms with E-state index in [1.54, 1.807) is 11.3 Å². The van der Waals surface area contributed by atoms with Crippen molar-refractivity contribution < 1.29 is 0 Å². The first-order valence-electron chi connectivity index (χ1n) is 17.0. The molecule has 1 aliphatic carbocycles. The predicted molar refractivity (Wildman–Crippen MR) is 216 cm³/mol. The van der Waals surface area contributed by atoms with Crippen LogP contribution < -0.4 is 4.90 Å². The van der Waals surface area contributed by atoms with Gasteiger partial charge in [-0.15, -0.1) is 22.7 Å². The van der Waals surface area contributed by atoms with Crippen LogP contribution in [0.3, 0.4) is 0 Å². The number of benzene rings is 7. The second-order valence-corrected chi connectivity index (χ2v) is 15.7. The Hall–Kier alpha value is -5.55. The average Bonchev–Trinajstić information content (AvgIpc) is 3.83. The topological polar surface area (TPSA) is 16.1 Å². The molecule has 0 amide bonds. The van der Waals surface area contributed by atoms with Gasteiger partial charge in [0.25, 0.3) is 0 Å². The van der Waals surface area contributed by atoms with Crippen molar-refractivity contribution in [3.8, 4) is 32.8 Å². The maximum absolute atomic E-state index is 5.29. The molecule has 0 saturated heterocycles. The van der Waals surface area contributed by atoms with Gasteiger partial charge in [0.05, 0.1) is 15.9 Å². The van der Waals surface area contributed by atoms with E-state index in [-0.39, 0.29) is 5.41 Å². The number of hydrogen-bond acceptors (Lipinski definition) is 4. The number of aromatic nitrogens is 1. The normalized spacial score (nSPS) is 13.2. The van der Waals surface area contributed by atoms with Crippen molar-refractivity contribution in [2.24, 2.45) is 0 Å². The zero-order valence-corrected chi connectivity index (χ0v) is 29.4. The quantitative estimate of drug-likeness (QED) is 0.180. The molecule has 50 heavy (non-hydrogen) atoms. The number of thiophene rings is 1. The van der Waals surface area contributed by atoms with Crippen molar-refractivity contribution in [3.05, 3.63) is 169 Å². The van der Waals surface area contributed by atoms with E-state index < -0.39 is 0 Å². The van der Waals surface area contributed by atoms with Crippen molar-refractivity contribution in [3.63, 3.8) is 0 Å². The van der Waals surface area contributed by atoms with Crippen molar-refractivity contribution in [2.45, 2.75) is 19.3 Å². The standard InChI is InChI=1S/C46H32N2S2/c1-46(2)37-19-11-9-17-34(37)35-26-25-33(27-38(35)46)48(32-23-21-30(22-24-32)29-13-5-3-6-14-29)43-42-36-18-10-12-20-40(36)49-41(42)28-39-44(43)50-45(47-39)31-15-7-4-8-16-31/h3-28H,1-2H3. The number of anilines is 3. The van der Waals surface area contributed by atoms with Crippen LogP contribution in [0.2, 0.25) is 0 Å². The fourth-order valence-corrected chi connectivity index (χ4v) is 10.1. The smallest absolute Gasteiger partial charge is 0.124 e. The Morgan fingerprint density at radius 3 is 1.96 bits per heavy atom. The van der Waals surface area contributed by atoms with Crippen LogP contribution in [0.25, 0.3) is 63.2 Å². The Kier molecular flexibility index (Phi) is 6.61. The second kappa shape index (κ2) is 11.2. The Morgan fingerprint density at radius 1 is 0.520 bits per heavy atom. The Balaban J connectivity index is 1.28. The minimum absolute atomic E-state index is 0.119. The van der Waals surface area contributed by atoms with E-state index in [9.17, 15) is 0 Å². The molecule has 2 nitrogen and oxygen atoms in total. The Morgan fingerprint density at radius 2 is 1.16 bits per heavy atom. The molecule has 1 aliphatic rings. The molecule has 4 heteroatoms. The van der Waals surface area contributed by atoms with E-state index in [1.165, 1.54) is 63.9 Å². The maximum Gasteiger partial charge on any atom is 0.124 e. The van der Waals surface area contributed by atoms with E-state index in [4.69, 9.17) is 4.98 Å². The van der Waals surface area contributed by atoms with E-state index in [0.717, 1.165) is 27.5 Å². The zero-order valence-electron chi connectivity index (χ0n) is 27.7. The van der Waals surface area contributed by atoms with Crippen LogP contribution in [0.4, 0.5) is 17.1 Å². The molecule has 238 valence electrons. The highest BCUT2D eigenvalue weighted by Gasteiger charge is 2.36. The molecule has 7 aromatic carbocycles. The fraction of sp³-hybridized carbons (Fsp3) is 0.0652. The molecule has 0 radical (unpaired) electrons. The third-order valence-electron chi connectivity index (χ3n) is 10.3. The second-order valence-electron chi connectivity index (χ2n) is 13.6. The van der Waals surface area contributed by atoms with Crippen LogP contribution >= 0.6 is 22.7 Å². The molecule has 0 aliphatic heterocycles. The lowest BCUT2D eigenvalue weighted by molar-refractivity contribution is 0.660. The summed E-state index contributed by atoms with van der Waals surface area (Å²) in [4.78, 5) is 7.80. The van der Waals surface area contributed by atoms with E-state index in [2.05, 4.69) is 176 Å². The number of rotatable bonds is 5. The van der Waals surface area contributed by atoms with Gasteiger partial charge in [0.15, 0.2) is 0 Å². The van der Waals surface area contributed by atoms with Crippen LogP contribution in [0, 0.1) is 0 Å². The molecule has 0 saturated carbocycles. The molecule has 0 spiro atoms. The number of hydrogen-bond donors (Lipinski definition) is 0. The highest BCUT2D eigenvalue weighted by Crippen LogP contribution is 2.54. The maximum atomic E-state index is 5.29. The van der Waals surface area contributed by atoms with Crippen molar-refractivity contribution in [2.75, 3.05) is 4.90 Å². The van der Waals surface area contributed by atoms with Gasteiger partial charge in [-0.05, 0) is 69.8 Å². The molecule has 0 unspecified atom stereocenters. The summed E-state index contributed by atoms with van der Waals surface area (Å²) in [5, 5.41) is 3.59. The SMILES string of the molecule is CC1(C)c2ccccc2-c2ccc(N(c3ccc(-c4ccccc4)cc3)c3c4sc(-c5ccccc5)nc4cc4sc5ccccc5c34)cc21. The molecule has 10 rings (SSSR count). The largest absolute Gasteiger partial charge is 0.308 e. The van der Waals surface area contributed by atoms with Gasteiger partial charge in [0.1, 0.15) is 5.01 Å². The van der Waals surface area contributed by atoms with Crippen LogP contribution in [-0.4, -0.2) is 4.98 Å². The monoisotopic (exact) mass is 676 g/mol. The number of thiazole rings is 1. The van der Waals surface area contributed by atoms with Crippen molar-refractivity contribution >= 4 is 70.1 Å². The first-order valence-corrected chi connectivity index (χ1v) is 18.7. The Labute approximate surface area is 299 Å². The van der Waals surface area contributed by atoms with Crippen LogP contribution in [0.1, 0.15) is 25.0 Å². The molecule has 0 atom stereocenters. The van der Waals surface area contributed by atoms with E-state index >= 15 is 0 Å². The number of fused-ring (bicyclic) bond motifs is 7. The lowest BCUT2D eigenvalue weighted by Crippen LogP contribution is -2.16. The van der Waals surface area contributed by atoms with Gasteiger partial charge in [0, 0.05) is 42.5 Å². The van der Waals surface area contributed by atoms with Gasteiger partial charge < -0.3 is 4.90 Å². The summed E-state index contributed by atoms with van der Waals surface area (Å²) >= 11 is 3.64. The van der Waals surface area contributed by atoms with Crippen LogP contribution in [0.5, 0.6) is 0 Å². The molecule has 0 fully saturated rings. The average molecular weight is 677 g/mol. The van der Waals surface area contributed by atoms with Crippen molar-refractivity contribution in [1.82, 2.24) is 4.98 Å². The molecule has 9 aromatic rings. The van der Waals surface area contributed by atoms with Gasteiger partial charge in [-0.1, -0.05) is 135 Å². The van der Waals surface area contributed by atoms with E-state index in [1.807, 2.05) is 11.3 Å². The number of nitrogens with zero attached hydrogens (tertiary/aromatic N) is 2. The summed E-state index contributed by atoms with van der Waals surface area (Å²) in [6.45, 7) is 4.72. The summed E-state index contributed by atoms with van der Waals surface area (Å²) in [5.41, 5.74) is 13.3. The Bertz CT molecular complexity index is 2720. The minimum atomic E-state index is -0.119. The van der Waals surface area contributed by atoms with Gasteiger partial charge in [-0.2, -0.15) is 0 Å². The highest BCUT2D eigenvalue weighted by atomic mass is 32.1. The zero-order chi connectivity index (χ0) is 33.4. The summed E-state index contributed by atoms with van der Waals surface area (Å²) in [5.74, 6) is 0. The van der Waals surface area contributed by atoms with Gasteiger partial charge in [0.2, 0.25) is 0 Å². The molecular weight excluding hydrogens is 645 g/mol. The van der Waals surface area contributed by atoms with Gasteiger partial charge in [-0.25, -0.2) is 4.98 Å². The summed E-state index contributed by atoms with van der Waals surface area (Å²) < 4.78 is 3.73. The lowest BCUT2D eigenvalue weighted by Gasteiger charge is -2.29. The molecule has 2 aromatic heterocycles. The first-order chi connectivity index (χ1) is 24.5. The molecule has 0 bridgehead atoms. The summed E-state index contributed by atoms with van der Waals surface area (Å²) in [6.07, 6.45) is 0. The molecule has 2 heterocycles. The molecule has 0 N–H and O–H groups in total. The van der Waals surface area contributed by atoms with Gasteiger partial charge in [-0.3, -0.25) is 0 Å². The fourth-order valence-electron chi connectivity index (χ4n) is 7.84. The van der Waals surface area contributed by atoms with Crippen LogP contribution in [-0.2, 0) is 5.41 Å². The minimum Gasteiger partial charge on any atom is -0.308 e. The highest BCUT2D eigenvalue weighted by molar-refractivity contribution is 7.26. The van der Waals surface area contributed by atoms with Crippen LogP contribution in [0.15, 0.2) is 158 Å². The lowest BCUT2D eigenvalue weighted by atomic mass is 9.82. The first kappa shape index (κ1) is 29.4.